The molecule has 0 amide bonds. The third-order valence-corrected chi connectivity index (χ3v) is 4.73. The summed E-state index contributed by atoms with van der Waals surface area (Å²) in [4.78, 5) is 0. The van der Waals surface area contributed by atoms with Gasteiger partial charge in [-0.1, -0.05) is 53.3 Å². The Bertz CT molecular complexity index is 990. The summed E-state index contributed by atoms with van der Waals surface area (Å²) in [5.41, 5.74) is 1.84. The van der Waals surface area contributed by atoms with E-state index in [1.165, 1.54) is 0 Å². The number of benzene rings is 1. The fourth-order valence-corrected chi connectivity index (χ4v) is 3.37. The van der Waals surface area contributed by atoms with Gasteiger partial charge in [-0.15, -0.1) is 16.8 Å². The highest BCUT2D eigenvalue weighted by Gasteiger charge is 2.15. The van der Waals surface area contributed by atoms with Crippen molar-refractivity contribution in [2.24, 2.45) is 0 Å². The molecule has 0 N–H and O–H groups in total. The second-order valence-electron chi connectivity index (χ2n) is 5.52. The first-order chi connectivity index (χ1) is 12.8. The molecular formula is C19H16N4O2S. The molecular weight excluding hydrogens is 348 g/mol. The molecule has 0 aliphatic carbocycles. The van der Waals surface area contributed by atoms with Crippen molar-refractivity contribution in [3.05, 3.63) is 73.1 Å². The number of aromatic nitrogens is 4. The summed E-state index contributed by atoms with van der Waals surface area (Å²) in [6, 6.07) is 15.5. The molecule has 3 aromatic heterocycles. The van der Waals surface area contributed by atoms with Crippen LogP contribution >= 0.6 is 11.8 Å². The number of rotatable bonds is 7. The van der Waals surface area contributed by atoms with Crippen molar-refractivity contribution in [1.82, 2.24) is 19.9 Å². The van der Waals surface area contributed by atoms with Crippen molar-refractivity contribution in [3.63, 3.8) is 0 Å². The summed E-state index contributed by atoms with van der Waals surface area (Å²) in [5, 5.41) is 13.6. The van der Waals surface area contributed by atoms with Crippen LogP contribution in [0.5, 0.6) is 0 Å². The van der Waals surface area contributed by atoms with Gasteiger partial charge in [0.25, 0.3) is 0 Å². The number of nitrogens with zero attached hydrogens (tertiary/aromatic N) is 4. The fraction of sp³-hybridized carbons (Fsp3) is 0.105. The molecule has 0 aliphatic heterocycles. The molecule has 0 aliphatic rings. The Kier molecular flexibility index (Phi) is 4.70. The van der Waals surface area contributed by atoms with Gasteiger partial charge in [-0.3, -0.25) is 4.57 Å². The number of furan rings is 1. The molecule has 3 heterocycles. The molecule has 26 heavy (non-hydrogen) atoms. The predicted molar refractivity (Wildman–Crippen MR) is 99.4 cm³/mol. The Labute approximate surface area is 154 Å². The maximum atomic E-state index is 5.33. The van der Waals surface area contributed by atoms with E-state index in [9.17, 15) is 0 Å². The van der Waals surface area contributed by atoms with Crippen LogP contribution in [0.2, 0.25) is 0 Å². The highest BCUT2D eigenvalue weighted by molar-refractivity contribution is 7.98. The summed E-state index contributed by atoms with van der Waals surface area (Å²) in [6.45, 7) is 4.47. The average Bonchev–Trinajstić information content (AvgIpc) is 3.42. The van der Waals surface area contributed by atoms with Gasteiger partial charge in [-0.05, 0) is 12.1 Å². The Morgan fingerprint density at radius 3 is 2.73 bits per heavy atom. The lowest BCUT2D eigenvalue weighted by Crippen LogP contribution is -2.00. The van der Waals surface area contributed by atoms with Gasteiger partial charge >= 0.3 is 0 Å². The van der Waals surface area contributed by atoms with Crippen LogP contribution in [0.1, 0.15) is 5.69 Å². The first-order valence-electron chi connectivity index (χ1n) is 8.07. The standard InChI is InChI=1S/C19H16N4O2S/c1-2-10-23-18(14-7-4-3-5-8-14)20-21-19(23)26-13-15-12-17(25-22-15)16-9-6-11-24-16/h2-9,11-12H,1,10,13H2. The van der Waals surface area contributed by atoms with E-state index in [0.29, 0.717) is 23.8 Å². The van der Waals surface area contributed by atoms with Gasteiger partial charge in [0, 0.05) is 23.9 Å². The predicted octanol–water partition coefficient (Wildman–Crippen LogP) is 4.67. The number of hydrogen-bond acceptors (Lipinski definition) is 6. The van der Waals surface area contributed by atoms with Crippen molar-refractivity contribution >= 4 is 11.8 Å². The van der Waals surface area contributed by atoms with Gasteiger partial charge < -0.3 is 8.94 Å². The highest BCUT2D eigenvalue weighted by Crippen LogP contribution is 2.28. The van der Waals surface area contributed by atoms with Crippen molar-refractivity contribution < 1.29 is 8.94 Å². The largest absolute Gasteiger partial charge is 0.461 e. The van der Waals surface area contributed by atoms with E-state index in [0.717, 1.165) is 22.2 Å². The quantitative estimate of drug-likeness (QED) is 0.350. The van der Waals surface area contributed by atoms with Gasteiger partial charge in [-0.2, -0.15) is 0 Å². The molecule has 130 valence electrons. The third kappa shape index (κ3) is 3.34. The lowest BCUT2D eigenvalue weighted by molar-refractivity contribution is 0.413. The molecule has 4 aromatic rings. The van der Waals surface area contributed by atoms with E-state index in [2.05, 4.69) is 21.9 Å². The Hall–Kier alpha value is -3.06. The molecule has 0 bridgehead atoms. The zero-order valence-corrected chi connectivity index (χ0v) is 14.7. The van der Waals surface area contributed by atoms with Crippen LogP contribution in [-0.2, 0) is 12.3 Å². The van der Waals surface area contributed by atoms with Crippen LogP contribution in [0, 0.1) is 0 Å². The average molecular weight is 364 g/mol. The third-order valence-electron chi connectivity index (χ3n) is 3.73. The number of thioether (sulfide) groups is 1. The van der Waals surface area contributed by atoms with Gasteiger partial charge in [0.15, 0.2) is 16.7 Å². The van der Waals surface area contributed by atoms with Crippen LogP contribution in [0.15, 0.2) is 81.5 Å². The molecule has 1 aromatic carbocycles. The summed E-state index contributed by atoms with van der Waals surface area (Å²) in [6.07, 6.45) is 3.44. The van der Waals surface area contributed by atoms with E-state index in [1.54, 1.807) is 18.0 Å². The molecule has 4 rings (SSSR count). The van der Waals surface area contributed by atoms with Crippen LogP contribution < -0.4 is 0 Å². The smallest absolute Gasteiger partial charge is 0.202 e. The van der Waals surface area contributed by atoms with E-state index in [-0.39, 0.29) is 0 Å². The maximum absolute atomic E-state index is 5.33. The minimum Gasteiger partial charge on any atom is -0.461 e. The normalized spacial score (nSPS) is 10.9. The summed E-state index contributed by atoms with van der Waals surface area (Å²) < 4.78 is 12.7. The van der Waals surface area contributed by atoms with Gasteiger partial charge in [0.05, 0.1) is 12.0 Å². The monoisotopic (exact) mass is 364 g/mol. The van der Waals surface area contributed by atoms with Crippen molar-refractivity contribution in [2.75, 3.05) is 0 Å². The zero-order chi connectivity index (χ0) is 17.8. The minimum atomic E-state index is 0.614. The van der Waals surface area contributed by atoms with E-state index >= 15 is 0 Å². The molecule has 0 saturated heterocycles. The van der Waals surface area contributed by atoms with Crippen LogP contribution in [0.25, 0.3) is 22.9 Å². The first kappa shape index (κ1) is 16.4. The molecule has 0 unspecified atom stereocenters. The minimum absolute atomic E-state index is 0.614. The van der Waals surface area contributed by atoms with Crippen molar-refractivity contribution in [1.29, 1.82) is 0 Å². The van der Waals surface area contributed by atoms with Crippen LogP contribution in [-0.4, -0.2) is 19.9 Å². The van der Waals surface area contributed by atoms with Gasteiger partial charge in [0.1, 0.15) is 0 Å². The number of allylic oxidation sites excluding steroid dienone is 1. The van der Waals surface area contributed by atoms with Gasteiger partial charge in [0.2, 0.25) is 5.76 Å². The summed E-state index contributed by atoms with van der Waals surface area (Å²) >= 11 is 1.55. The second-order valence-corrected chi connectivity index (χ2v) is 6.46. The number of hydrogen-bond donors (Lipinski definition) is 0. The lowest BCUT2D eigenvalue weighted by Gasteiger charge is -2.06. The fourth-order valence-electron chi connectivity index (χ4n) is 2.54. The Morgan fingerprint density at radius 1 is 1.08 bits per heavy atom. The lowest BCUT2D eigenvalue weighted by atomic mass is 10.2. The van der Waals surface area contributed by atoms with Crippen LogP contribution in [0.3, 0.4) is 0 Å². The zero-order valence-electron chi connectivity index (χ0n) is 13.9. The highest BCUT2D eigenvalue weighted by atomic mass is 32.2. The van der Waals surface area contributed by atoms with E-state index in [1.807, 2.05) is 59.2 Å². The molecule has 0 radical (unpaired) electrons. The summed E-state index contributed by atoms with van der Waals surface area (Å²) in [5.74, 6) is 2.72. The Morgan fingerprint density at radius 2 is 1.96 bits per heavy atom. The molecule has 0 fully saturated rings. The van der Waals surface area contributed by atoms with E-state index in [4.69, 9.17) is 8.94 Å². The topological polar surface area (TPSA) is 69.9 Å². The molecule has 0 saturated carbocycles. The molecule has 6 nitrogen and oxygen atoms in total. The molecule has 0 atom stereocenters. The first-order valence-corrected chi connectivity index (χ1v) is 9.05. The second kappa shape index (κ2) is 7.45. The van der Waals surface area contributed by atoms with Gasteiger partial charge in [-0.25, -0.2) is 0 Å². The van der Waals surface area contributed by atoms with Crippen molar-refractivity contribution in [3.8, 4) is 22.9 Å². The maximum Gasteiger partial charge on any atom is 0.202 e. The van der Waals surface area contributed by atoms with Crippen molar-refractivity contribution in [2.45, 2.75) is 17.5 Å². The van der Waals surface area contributed by atoms with E-state index < -0.39 is 0 Å². The molecule has 7 heteroatoms. The Balaban J connectivity index is 1.53. The van der Waals surface area contributed by atoms with Crippen LogP contribution in [0.4, 0.5) is 0 Å². The molecule has 0 spiro atoms. The summed E-state index contributed by atoms with van der Waals surface area (Å²) in [7, 11) is 0. The SMILES string of the molecule is C=CCn1c(SCc2cc(-c3ccco3)on2)nnc1-c1ccccc1.